The van der Waals surface area contributed by atoms with E-state index in [1.165, 1.54) is 12.3 Å². The molecule has 0 fully saturated rings. The Balaban J connectivity index is 2.09. The molecular formula is C18H22BN3O3. The fraction of sp³-hybridized carbons (Fsp3) is 0.222. The minimum absolute atomic E-state index is 0.0841. The van der Waals surface area contributed by atoms with Gasteiger partial charge in [0.15, 0.2) is 0 Å². The van der Waals surface area contributed by atoms with E-state index in [1.807, 2.05) is 27.8 Å². The summed E-state index contributed by atoms with van der Waals surface area (Å²) in [6, 6.07) is 10.1. The topological polar surface area (TPSA) is 85.2 Å². The van der Waals surface area contributed by atoms with E-state index in [-0.39, 0.29) is 17.1 Å². The van der Waals surface area contributed by atoms with Crippen molar-refractivity contribution in [3.63, 3.8) is 0 Å². The Labute approximate surface area is 148 Å². The number of nitrogens with zero attached hydrogens (tertiary/aromatic N) is 2. The predicted molar refractivity (Wildman–Crippen MR) is 103 cm³/mol. The number of anilines is 1. The Morgan fingerprint density at radius 1 is 1.16 bits per heavy atom. The van der Waals surface area contributed by atoms with Crippen molar-refractivity contribution in [1.82, 2.24) is 5.43 Å². The molecule has 7 heteroatoms. The van der Waals surface area contributed by atoms with Crippen LogP contribution in [0, 0.1) is 0 Å². The molecule has 0 spiro atoms. The number of carbonyl (C=O) groups is 1. The minimum atomic E-state index is -0.517. The van der Waals surface area contributed by atoms with E-state index in [0.717, 1.165) is 24.2 Å². The Morgan fingerprint density at radius 2 is 1.88 bits per heavy atom. The van der Waals surface area contributed by atoms with Crippen LogP contribution in [0.1, 0.15) is 29.8 Å². The van der Waals surface area contributed by atoms with Crippen molar-refractivity contribution in [3.05, 3.63) is 47.5 Å². The van der Waals surface area contributed by atoms with Crippen molar-refractivity contribution in [2.45, 2.75) is 13.8 Å². The van der Waals surface area contributed by atoms with E-state index in [1.54, 1.807) is 24.3 Å². The van der Waals surface area contributed by atoms with Gasteiger partial charge in [-0.25, -0.2) is 5.43 Å². The van der Waals surface area contributed by atoms with Gasteiger partial charge in [0.25, 0.3) is 5.91 Å². The lowest BCUT2D eigenvalue weighted by Gasteiger charge is -2.21. The van der Waals surface area contributed by atoms with Gasteiger partial charge in [0.05, 0.1) is 11.8 Å². The van der Waals surface area contributed by atoms with Crippen molar-refractivity contribution in [2.75, 3.05) is 18.0 Å². The molecule has 0 bridgehead atoms. The van der Waals surface area contributed by atoms with Gasteiger partial charge in [-0.05, 0) is 32.0 Å². The molecule has 0 aromatic heterocycles. The standard InChI is InChI=1S/C18H22BN3O3/c1-3-22(4-2)14-7-5-12(17(24)10-14)11-20-21-18(25)15-9-13(19)6-8-16(15)23/h5-11,23-24H,3-4,19H2,1-2H3,(H,21,25)/b20-11+. The molecule has 0 aliphatic rings. The summed E-state index contributed by atoms with van der Waals surface area (Å²) in [5, 5.41) is 23.7. The monoisotopic (exact) mass is 339 g/mol. The van der Waals surface area contributed by atoms with Crippen LogP contribution in [0.25, 0.3) is 0 Å². The molecule has 3 N–H and O–H groups in total. The fourth-order valence-electron chi connectivity index (χ4n) is 2.48. The van der Waals surface area contributed by atoms with Crippen LogP contribution in [0.4, 0.5) is 5.69 Å². The van der Waals surface area contributed by atoms with E-state index >= 15 is 0 Å². The number of phenolic OH excluding ortho intramolecular Hbond substituents is 2. The van der Waals surface area contributed by atoms with Gasteiger partial charge >= 0.3 is 0 Å². The maximum atomic E-state index is 12.1. The molecule has 0 aliphatic heterocycles. The van der Waals surface area contributed by atoms with Crippen LogP contribution in [0.2, 0.25) is 0 Å². The van der Waals surface area contributed by atoms with Gasteiger partial charge in [-0.3, -0.25) is 4.79 Å². The molecule has 2 aromatic carbocycles. The highest BCUT2D eigenvalue weighted by molar-refractivity contribution is 6.32. The average molecular weight is 339 g/mol. The van der Waals surface area contributed by atoms with Crippen LogP contribution in [-0.2, 0) is 0 Å². The second kappa shape index (κ2) is 8.23. The van der Waals surface area contributed by atoms with Gasteiger partial charge in [0.2, 0.25) is 0 Å². The summed E-state index contributed by atoms with van der Waals surface area (Å²) in [5.41, 5.74) is 4.78. The second-order valence-corrected chi connectivity index (χ2v) is 5.64. The number of phenols is 2. The predicted octanol–water partition coefficient (Wildman–Crippen LogP) is 0.966. The molecule has 0 radical (unpaired) electrons. The van der Waals surface area contributed by atoms with Crippen LogP contribution in [0.15, 0.2) is 41.5 Å². The number of rotatable bonds is 6. The normalized spacial score (nSPS) is 10.8. The van der Waals surface area contributed by atoms with E-state index in [2.05, 4.69) is 15.4 Å². The highest BCUT2D eigenvalue weighted by Gasteiger charge is 2.10. The fourth-order valence-corrected chi connectivity index (χ4v) is 2.48. The first-order valence-corrected chi connectivity index (χ1v) is 8.17. The van der Waals surface area contributed by atoms with Crippen molar-refractivity contribution in [3.8, 4) is 11.5 Å². The molecule has 1 amide bonds. The van der Waals surface area contributed by atoms with Crippen molar-refractivity contribution in [1.29, 1.82) is 0 Å². The molecule has 0 saturated heterocycles. The SMILES string of the molecule is Bc1ccc(O)c(C(=O)N/N=C/c2ccc(N(CC)CC)cc2O)c1. The van der Waals surface area contributed by atoms with E-state index in [9.17, 15) is 15.0 Å². The molecule has 0 saturated carbocycles. The summed E-state index contributed by atoms with van der Waals surface area (Å²) in [5.74, 6) is -0.540. The van der Waals surface area contributed by atoms with Crippen LogP contribution in [0.3, 0.4) is 0 Å². The van der Waals surface area contributed by atoms with Gasteiger partial charge < -0.3 is 15.1 Å². The maximum Gasteiger partial charge on any atom is 0.275 e. The third kappa shape index (κ3) is 4.53. The van der Waals surface area contributed by atoms with Crippen molar-refractivity contribution >= 4 is 31.1 Å². The number of hydrogen-bond acceptors (Lipinski definition) is 5. The third-order valence-corrected chi connectivity index (χ3v) is 3.91. The van der Waals surface area contributed by atoms with Gasteiger partial charge in [0, 0.05) is 30.4 Å². The molecule has 2 aromatic rings. The van der Waals surface area contributed by atoms with Crippen molar-refractivity contribution in [2.24, 2.45) is 5.10 Å². The Kier molecular flexibility index (Phi) is 6.06. The molecule has 2 rings (SSSR count). The molecule has 0 unspecified atom stereocenters. The first-order valence-electron chi connectivity index (χ1n) is 8.17. The zero-order valence-corrected chi connectivity index (χ0v) is 14.7. The summed E-state index contributed by atoms with van der Waals surface area (Å²) in [6.07, 6.45) is 1.37. The van der Waals surface area contributed by atoms with Gasteiger partial charge in [0.1, 0.15) is 19.3 Å². The smallest absolute Gasteiger partial charge is 0.275 e. The van der Waals surface area contributed by atoms with Gasteiger partial charge in [-0.15, -0.1) is 0 Å². The highest BCUT2D eigenvalue weighted by atomic mass is 16.3. The molecule has 0 atom stereocenters. The number of hydrogen-bond donors (Lipinski definition) is 3. The highest BCUT2D eigenvalue weighted by Crippen LogP contribution is 2.23. The Bertz CT molecular complexity index is 789. The summed E-state index contributed by atoms with van der Waals surface area (Å²) in [7, 11) is 1.83. The van der Waals surface area contributed by atoms with Crippen LogP contribution < -0.4 is 15.8 Å². The average Bonchev–Trinajstić information content (AvgIpc) is 2.59. The lowest BCUT2D eigenvalue weighted by Crippen LogP contribution is -2.21. The molecule has 0 heterocycles. The number of nitrogens with one attached hydrogen (secondary N) is 1. The summed E-state index contributed by atoms with van der Waals surface area (Å²) in [6.45, 7) is 5.79. The van der Waals surface area contributed by atoms with Crippen LogP contribution in [0.5, 0.6) is 11.5 Å². The first kappa shape index (κ1) is 18.4. The summed E-state index contributed by atoms with van der Waals surface area (Å²) in [4.78, 5) is 14.2. The molecule has 25 heavy (non-hydrogen) atoms. The summed E-state index contributed by atoms with van der Waals surface area (Å²) < 4.78 is 0. The quantitative estimate of drug-likeness (QED) is 0.416. The molecular weight excluding hydrogens is 317 g/mol. The largest absolute Gasteiger partial charge is 0.507 e. The lowest BCUT2D eigenvalue weighted by molar-refractivity contribution is 0.0952. The number of carbonyl (C=O) groups excluding carboxylic acids is 1. The zero-order chi connectivity index (χ0) is 18.4. The number of hydrazone groups is 1. The minimum Gasteiger partial charge on any atom is -0.507 e. The van der Waals surface area contributed by atoms with Crippen LogP contribution >= 0.6 is 0 Å². The Morgan fingerprint density at radius 3 is 2.52 bits per heavy atom. The molecule has 6 nitrogen and oxygen atoms in total. The van der Waals surface area contributed by atoms with Gasteiger partial charge in [-0.1, -0.05) is 17.6 Å². The number of aromatic hydroxyl groups is 2. The summed E-state index contributed by atoms with van der Waals surface area (Å²) >= 11 is 0. The van der Waals surface area contributed by atoms with Crippen LogP contribution in [-0.4, -0.2) is 43.3 Å². The first-order chi connectivity index (χ1) is 12.0. The third-order valence-electron chi connectivity index (χ3n) is 3.91. The number of amides is 1. The zero-order valence-electron chi connectivity index (χ0n) is 14.7. The van der Waals surface area contributed by atoms with E-state index in [4.69, 9.17) is 0 Å². The van der Waals surface area contributed by atoms with Gasteiger partial charge in [-0.2, -0.15) is 5.10 Å². The van der Waals surface area contributed by atoms with E-state index in [0.29, 0.717) is 5.56 Å². The second-order valence-electron chi connectivity index (χ2n) is 5.64. The Hall–Kier alpha value is -2.96. The van der Waals surface area contributed by atoms with Crippen molar-refractivity contribution < 1.29 is 15.0 Å². The van der Waals surface area contributed by atoms with E-state index < -0.39 is 5.91 Å². The molecule has 130 valence electrons. The lowest BCUT2D eigenvalue weighted by atomic mass is 9.94. The maximum absolute atomic E-state index is 12.1. The molecule has 0 aliphatic carbocycles. The number of benzene rings is 2.